The molecule has 0 aliphatic rings. The van der Waals surface area contributed by atoms with Crippen molar-refractivity contribution in [1.82, 2.24) is 20.2 Å². The topological polar surface area (TPSA) is 78.5 Å². The van der Waals surface area contributed by atoms with Crippen LogP contribution in [0, 0.1) is 5.82 Å². The molecule has 118 valence electrons. The summed E-state index contributed by atoms with van der Waals surface area (Å²) in [7, 11) is 0. The van der Waals surface area contributed by atoms with Crippen LogP contribution in [0.25, 0.3) is 0 Å². The van der Waals surface area contributed by atoms with Crippen LogP contribution in [0.2, 0.25) is 5.02 Å². The van der Waals surface area contributed by atoms with E-state index in [1.165, 1.54) is 12.3 Å². The van der Waals surface area contributed by atoms with E-state index in [0.717, 1.165) is 5.69 Å². The van der Waals surface area contributed by atoms with Crippen molar-refractivity contribution in [2.75, 3.05) is 10.6 Å². The molecule has 23 heavy (non-hydrogen) atoms. The lowest BCUT2D eigenvalue weighted by Crippen LogP contribution is -2.11. The number of hydrogen-bond acceptors (Lipinski definition) is 5. The molecule has 0 aliphatic carbocycles. The summed E-state index contributed by atoms with van der Waals surface area (Å²) < 4.78 is 13.8. The predicted octanol–water partition coefficient (Wildman–Crippen LogP) is 3.91. The Morgan fingerprint density at radius 2 is 2.09 bits per heavy atom. The third-order valence-electron chi connectivity index (χ3n) is 3.22. The summed E-state index contributed by atoms with van der Waals surface area (Å²) in [5.74, 6) is 0.497. The molecule has 3 N–H and O–H groups in total. The maximum atomic E-state index is 13.8. The number of hydrogen-bond donors (Lipinski definition) is 3. The molecular formula is C15H14ClFN6. The van der Waals surface area contributed by atoms with Gasteiger partial charge in [0, 0.05) is 11.8 Å². The molecule has 0 amide bonds. The predicted molar refractivity (Wildman–Crippen MR) is 87.4 cm³/mol. The minimum atomic E-state index is -0.301. The van der Waals surface area contributed by atoms with Gasteiger partial charge < -0.3 is 10.6 Å². The smallest absolute Gasteiger partial charge is 0.229 e. The molecule has 2 aromatic heterocycles. The molecule has 1 aromatic carbocycles. The van der Waals surface area contributed by atoms with Crippen LogP contribution in [0.15, 0.2) is 42.9 Å². The molecule has 1 unspecified atom stereocenters. The third-order valence-corrected chi connectivity index (χ3v) is 3.50. The van der Waals surface area contributed by atoms with Gasteiger partial charge in [-0.25, -0.2) is 9.37 Å². The number of benzene rings is 1. The fraction of sp³-hybridized carbons (Fsp3) is 0.133. The van der Waals surface area contributed by atoms with Crippen LogP contribution < -0.4 is 10.6 Å². The largest absolute Gasteiger partial charge is 0.362 e. The van der Waals surface area contributed by atoms with E-state index in [1.54, 1.807) is 30.6 Å². The molecule has 0 fully saturated rings. The Labute approximate surface area is 137 Å². The summed E-state index contributed by atoms with van der Waals surface area (Å²) >= 11 is 6.12. The molecule has 0 saturated heterocycles. The average Bonchev–Trinajstić information content (AvgIpc) is 3.04. The summed E-state index contributed by atoms with van der Waals surface area (Å²) in [5.41, 5.74) is 1.26. The van der Waals surface area contributed by atoms with Gasteiger partial charge in [-0.3, -0.25) is 5.10 Å². The van der Waals surface area contributed by atoms with E-state index >= 15 is 0 Å². The van der Waals surface area contributed by atoms with Crippen LogP contribution in [0.5, 0.6) is 0 Å². The summed E-state index contributed by atoms with van der Waals surface area (Å²) in [4.78, 5) is 8.41. The molecule has 2 heterocycles. The van der Waals surface area contributed by atoms with Gasteiger partial charge in [-0.1, -0.05) is 29.8 Å². The summed E-state index contributed by atoms with van der Waals surface area (Å²) in [6.45, 7) is 1.83. The summed E-state index contributed by atoms with van der Waals surface area (Å²) in [6, 6.07) is 6.26. The van der Waals surface area contributed by atoms with Crippen molar-refractivity contribution >= 4 is 29.1 Å². The fourth-order valence-corrected chi connectivity index (χ4v) is 2.23. The van der Waals surface area contributed by atoms with Gasteiger partial charge in [0.25, 0.3) is 0 Å². The van der Waals surface area contributed by atoms with E-state index < -0.39 is 0 Å². The fourth-order valence-electron chi connectivity index (χ4n) is 2.09. The zero-order valence-corrected chi connectivity index (χ0v) is 13.0. The van der Waals surface area contributed by atoms with E-state index in [9.17, 15) is 4.39 Å². The van der Waals surface area contributed by atoms with Crippen molar-refractivity contribution in [2.24, 2.45) is 0 Å². The lowest BCUT2D eigenvalue weighted by molar-refractivity contribution is 0.600. The van der Waals surface area contributed by atoms with E-state index in [1.807, 2.05) is 6.92 Å². The number of halogens is 2. The van der Waals surface area contributed by atoms with E-state index in [2.05, 4.69) is 30.8 Å². The van der Waals surface area contributed by atoms with Crippen molar-refractivity contribution < 1.29 is 4.39 Å². The molecule has 3 aromatic rings. The Morgan fingerprint density at radius 3 is 2.83 bits per heavy atom. The molecule has 0 bridgehead atoms. The van der Waals surface area contributed by atoms with Crippen molar-refractivity contribution in [1.29, 1.82) is 0 Å². The number of aromatic amines is 1. The highest BCUT2D eigenvalue weighted by Gasteiger charge is 2.13. The van der Waals surface area contributed by atoms with Gasteiger partial charge in [0.1, 0.15) is 10.8 Å². The number of nitrogens with zero attached hydrogens (tertiary/aromatic N) is 3. The maximum Gasteiger partial charge on any atom is 0.229 e. The van der Waals surface area contributed by atoms with Crippen molar-refractivity contribution in [3.05, 3.63) is 59.3 Å². The normalized spacial score (nSPS) is 12.0. The first kappa shape index (κ1) is 15.2. The summed E-state index contributed by atoms with van der Waals surface area (Å²) in [6.07, 6.45) is 4.76. The molecule has 0 spiro atoms. The lowest BCUT2D eigenvalue weighted by atomic mass is 10.1. The highest BCUT2D eigenvalue weighted by molar-refractivity contribution is 6.32. The van der Waals surface area contributed by atoms with E-state index in [-0.39, 0.29) is 11.9 Å². The molecule has 0 radical (unpaired) electrons. The van der Waals surface area contributed by atoms with Gasteiger partial charge in [-0.05, 0) is 13.0 Å². The first-order valence-electron chi connectivity index (χ1n) is 6.93. The Balaban J connectivity index is 1.80. The molecule has 6 nitrogen and oxygen atoms in total. The van der Waals surface area contributed by atoms with E-state index in [4.69, 9.17) is 11.6 Å². The molecule has 0 aliphatic heterocycles. The molecule has 1 atom stereocenters. The number of H-pyrrole nitrogens is 1. The van der Waals surface area contributed by atoms with Gasteiger partial charge >= 0.3 is 0 Å². The van der Waals surface area contributed by atoms with Crippen molar-refractivity contribution in [3.8, 4) is 0 Å². The van der Waals surface area contributed by atoms with Crippen LogP contribution >= 0.6 is 11.6 Å². The standard InChI is InChI=1S/C15H14ClFN6/c1-9(11-4-2-3-5-13(11)17)21-14-12(16)8-18-15(23-14)22-10-6-19-20-7-10/h2-9H,1H3,(H,19,20)(H2,18,21,22,23). The van der Waals surface area contributed by atoms with Gasteiger partial charge in [0.15, 0.2) is 5.82 Å². The first-order chi connectivity index (χ1) is 11.1. The Morgan fingerprint density at radius 1 is 1.26 bits per heavy atom. The monoisotopic (exact) mass is 332 g/mol. The number of nitrogens with one attached hydrogen (secondary N) is 3. The lowest BCUT2D eigenvalue weighted by Gasteiger charge is -2.17. The molecule has 0 saturated carbocycles. The first-order valence-corrected chi connectivity index (χ1v) is 7.30. The second-order valence-corrected chi connectivity index (χ2v) is 5.30. The third kappa shape index (κ3) is 3.57. The number of aromatic nitrogens is 4. The highest BCUT2D eigenvalue weighted by Crippen LogP contribution is 2.26. The molecule has 8 heteroatoms. The minimum Gasteiger partial charge on any atom is -0.362 e. The Kier molecular flexibility index (Phi) is 4.38. The Hall–Kier alpha value is -2.67. The molecular weight excluding hydrogens is 319 g/mol. The van der Waals surface area contributed by atoms with Crippen LogP contribution in [-0.2, 0) is 0 Å². The van der Waals surface area contributed by atoms with Crippen molar-refractivity contribution in [2.45, 2.75) is 13.0 Å². The SMILES string of the molecule is CC(Nc1nc(Nc2cn[nH]c2)ncc1Cl)c1ccccc1F. The van der Waals surface area contributed by atoms with Crippen LogP contribution in [-0.4, -0.2) is 20.2 Å². The van der Waals surface area contributed by atoms with Gasteiger partial charge in [-0.2, -0.15) is 10.1 Å². The Bertz CT molecular complexity index is 792. The summed E-state index contributed by atoms with van der Waals surface area (Å²) in [5, 5.41) is 13.0. The van der Waals surface area contributed by atoms with Gasteiger partial charge in [-0.15, -0.1) is 0 Å². The van der Waals surface area contributed by atoms with Crippen LogP contribution in [0.4, 0.5) is 21.8 Å². The highest BCUT2D eigenvalue weighted by atomic mass is 35.5. The number of rotatable bonds is 5. The van der Waals surface area contributed by atoms with Gasteiger partial charge in [0.05, 0.1) is 24.1 Å². The average molecular weight is 333 g/mol. The zero-order valence-electron chi connectivity index (χ0n) is 12.2. The second-order valence-electron chi connectivity index (χ2n) is 4.89. The van der Waals surface area contributed by atoms with Crippen molar-refractivity contribution in [3.63, 3.8) is 0 Å². The van der Waals surface area contributed by atoms with Crippen LogP contribution in [0.3, 0.4) is 0 Å². The minimum absolute atomic E-state index is 0.283. The van der Waals surface area contributed by atoms with Gasteiger partial charge in [0.2, 0.25) is 5.95 Å². The second kappa shape index (κ2) is 6.62. The molecule has 3 rings (SSSR count). The van der Waals surface area contributed by atoms with Crippen LogP contribution in [0.1, 0.15) is 18.5 Å². The van der Waals surface area contributed by atoms with E-state index in [0.29, 0.717) is 22.4 Å². The number of anilines is 3. The quantitative estimate of drug-likeness (QED) is 0.660. The zero-order chi connectivity index (χ0) is 16.2. The maximum absolute atomic E-state index is 13.8.